The smallest absolute Gasteiger partial charge is 0.224 e. The zero-order chi connectivity index (χ0) is 12.5. The summed E-state index contributed by atoms with van der Waals surface area (Å²) in [6, 6.07) is 0. The van der Waals surface area contributed by atoms with Crippen molar-refractivity contribution in [3.63, 3.8) is 0 Å². The molecule has 0 radical (unpaired) electrons. The maximum Gasteiger partial charge on any atom is 0.224 e. The molecule has 0 saturated heterocycles. The zero-order valence-corrected chi connectivity index (χ0v) is 10.9. The lowest BCUT2D eigenvalue weighted by Gasteiger charge is -2.07. The van der Waals surface area contributed by atoms with Gasteiger partial charge in [0.05, 0.1) is 12.0 Å². The molecule has 3 nitrogen and oxygen atoms in total. The number of allylic oxidation sites excluding steroid dienone is 2. The van der Waals surface area contributed by atoms with Crippen LogP contribution < -0.4 is 5.32 Å². The van der Waals surface area contributed by atoms with Gasteiger partial charge in [0.15, 0.2) is 0 Å². The van der Waals surface area contributed by atoms with E-state index in [9.17, 15) is 4.79 Å². The van der Waals surface area contributed by atoms with Gasteiger partial charge in [-0.05, 0) is 32.1 Å². The normalized spacial score (nSPS) is 28.1. The first-order valence-electron chi connectivity index (χ1n) is 5.87. The predicted molar refractivity (Wildman–Crippen MR) is 64.9 cm³/mol. The third-order valence-corrected chi connectivity index (χ3v) is 3.28. The maximum absolute atomic E-state index is 11.9. The van der Waals surface area contributed by atoms with E-state index in [1.165, 1.54) is 5.57 Å². The Hall–Kier alpha value is -0.830. The predicted octanol–water partition coefficient (Wildman–Crippen LogP) is 1.72. The molecular formula is C13H23NO2. The summed E-state index contributed by atoms with van der Waals surface area (Å²) in [5.41, 5.74) is 1.31. The Morgan fingerprint density at radius 1 is 1.50 bits per heavy atom. The molecule has 1 fully saturated rings. The van der Waals surface area contributed by atoms with Gasteiger partial charge in [0, 0.05) is 6.54 Å². The minimum Gasteiger partial charge on any atom is -0.392 e. The van der Waals surface area contributed by atoms with Gasteiger partial charge in [0.25, 0.3) is 0 Å². The number of rotatable bonds is 4. The van der Waals surface area contributed by atoms with Crippen molar-refractivity contribution in [2.75, 3.05) is 6.54 Å². The number of carbonyl (C=O) groups excluding carboxylic acids is 1. The van der Waals surface area contributed by atoms with E-state index in [-0.39, 0.29) is 17.2 Å². The Balaban J connectivity index is 2.56. The van der Waals surface area contributed by atoms with Crippen LogP contribution in [0, 0.1) is 17.3 Å². The van der Waals surface area contributed by atoms with E-state index in [0.29, 0.717) is 12.5 Å². The minimum absolute atomic E-state index is 0.0556. The molecule has 0 aromatic carbocycles. The number of hydrogen-bond donors (Lipinski definition) is 2. The van der Waals surface area contributed by atoms with Gasteiger partial charge < -0.3 is 10.4 Å². The van der Waals surface area contributed by atoms with Crippen LogP contribution in [0.1, 0.15) is 34.6 Å². The molecule has 1 aliphatic carbocycles. The second kappa shape index (κ2) is 4.58. The van der Waals surface area contributed by atoms with Crippen LogP contribution in [0.15, 0.2) is 11.6 Å². The molecule has 3 unspecified atom stereocenters. The van der Waals surface area contributed by atoms with Crippen molar-refractivity contribution in [2.24, 2.45) is 17.3 Å². The molecule has 0 aromatic rings. The van der Waals surface area contributed by atoms with Crippen LogP contribution in [0.5, 0.6) is 0 Å². The molecule has 1 rings (SSSR count). The summed E-state index contributed by atoms with van der Waals surface area (Å²) in [5, 5.41) is 11.9. The first-order chi connectivity index (χ1) is 7.26. The Bertz CT molecular complexity index is 301. The highest BCUT2D eigenvalue weighted by Crippen LogP contribution is 2.59. The maximum atomic E-state index is 11.9. The third-order valence-electron chi connectivity index (χ3n) is 3.28. The highest BCUT2D eigenvalue weighted by molar-refractivity contribution is 5.83. The molecule has 1 saturated carbocycles. The van der Waals surface area contributed by atoms with Gasteiger partial charge in [-0.1, -0.05) is 25.5 Å². The summed E-state index contributed by atoms with van der Waals surface area (Å²) < 4.78 is 0. The first kappa shape index (κ1) is 13.2. The molecule has 0 aromatic heterocycles. The lowest BCUT2D eigenvalue weighted by atomic mass is 10.1. The van der Waals surface area contributed by atoms with Crippen molar-refractivity contribution >= 4 is 5.91 Å². The summed E-state index contributed by atoms with van der Waals surface area (Å²) in [5.74, 6) is 0.459. The van der Waals surface area contributed by atoms with Crippen LogP contribution in [0.3, 0.4) is 0 Å². The molecule has 16 heavy (non-hydrogen) atoms. The standard InChI is InChI=1S/C13H23NO2/c1-8(2)6-10-11(13(10,4)5)12(16)14-7-9(3)15/h6,9-11,15H,7H2,1-5H3,(H,14,16). The monoisotopic (exact) mass is 225 g/mol. The average molecular weight is 225 g/mol. The van der Waals surface area contributed by atoms with Gasteiger partial charge in [-0.2, -0.15) is 0 Å². The van der Waals surface area contributed by atoms with E-state index in [1.54, 1.807) is 6.92 Å². The number of aliphatic hydroxyl groups excluding tert-OH is 1. The summed E-state index contributed by atoms with van der Waals surface area (Å²) in [6.45, 7) is 10.4. The number of hydrogen-bond acceptors (Lipinski definition) is 2. The fourth-order valence-electron chi connectivity index (χ4n) is 2.21. The average Bonchev–Trinajstić information content (AvgIpc) is 2.63. The molecule has 0 bridgehead atoms. The molecular weight excluding hydrogens is 202 g/mol. The molecule has 3 atom stereocenters. The zero-order valence-electron chi connectivity index (χ0n) is 10.9. The Kier molecular flexibility index (Phi) is 3.79. The van der Waals surface area contributed by atoms with Crippen molar-refractivity contribution in [2.45, 2.75) is 40.7 Å². The van der Waals surface area contributed by atoms with Crippen LogP contribution in [0.25, 0.3) is 0 Å². The largest absolute Gasteiger partial charge is 0.392 e. The van der Waals surface area contributed by atoms with Gasteiger partial charge >= 0.3 is 0 Å². The van der Waals surface area contributed by atoms with Gasteiger partial charge in [-0.3, -0.25) is 4.79 Å². The summed E-state index contributed by atoms with van der Waals surface area (Å²) in [4.78, 5) is 11.9. The Labute approximate surface area is 97.9 Å². The van der Waals surface area contributed by atoms with Gasteiger partial charge in [0.1, 0.15) is 0 Å². The number of carbonyl (C=O) groups is 1. The molecule has 1 amide bonds. The lowest BCUT2D eigenvalue weighted by molar-refractivity contribution is -0.123. The molecule has 3 heteroatoms. The number of aliphatic hydroxyl groups is 1. The Morgan fingerprint density at radius 3 is 2.50 bits per heavy atom. The van der Waals surface area contributed by atoms with Crippen LogP contribution in [-0.4, -0.2) is 23.7 Å². The summed E-state index contributed by atoms with van der Waals surface area (Å²) in [6.07, 6.45) is 1.69. The number of nitrogens with one attached hydrogen (secondary N) is 1. The van der Waals surface area contributed by atoms with Crippen molar-refractivity contribution in [1.29, 1.82) is 0 Å². The van der Waals surface area contributed by atoms with Crippen LogP contribution >= 0.6 is 0 Å². The van der Waals surface area contributed by atoms with E-state index < -0.39 is 6.10 Å². The SMILES string of the molecule is CC(C)=CC1C(C(=O)NCC(C)O)C1(C)C. The molecule has 2 N–H and O–H groups in total. The minimum atomic E-state index is -0.479. The van der Waals surface area contributed by atoms with Crippen LogP contribution in [0.2, 0.25) is 0 Å². The van der Waals surface area contributed by atoms with E-state index in [2.05, 4.69) is 39.1 Å². The fraction of sp³-hybridized carbons (Fsp3) is 0.769. The summed E-state index contributed by atoms with van der Waals surface area (Å²) in [7, 11) is 0. The summed E-state index contributed by atoms with van der Waals surface area (Å²) >= 11 is 0. The highest BCUT2D eigenvalue weighted by Gasteiger charge is 2.60. The third kappa shape index (κ3) is 2.85. The van der Waals surface area contributed by atoms with Crippen molar-refractivity contribution in [3.05, 3.63) is 11.6 Å². The quantitative estimate of drug-likeness (QED) is 0.716. The lowest BCUT2D eigenvalue weighted by Crippen LogP contribution is -2.32. The van der Waals surface area contributed by atoms with Gasteiger partial charge in [-0.15, -0.1) is 0 Å². The second-order valence-electron chi connectivity index (χ2n) is 5.66. The van der Waals surface area contributed by atoms with E-state index in [0.717, 1.165) is 0 Å². The topological polar surface area (TPSA) is 49.3 Å². The Morgan fingerprint density at radius 2 is 2.06 bits per heavy atom. The first-order valence-corrected chi connectivity index (χ1v) is 5.87. The highest BCUT2D eigenvalue weighted by atomic mass is 16.3. The fourth-order valence-corrected chi connectivity index (χ4v) is 2.21. The van der Waals surface area contributed by atoms with Crippen LogP contribution in [0.4, 0.5) is 0 Å². The van der Waals surface area contributed by atoms with E-state index in [4.69, 9.17) is 5.11 Å². The second-order valence-corrected chi connectivity index (χ2v) is 5.66. The van der Waals surface area contributed by atoms with Crippen molar-refractivity contribution in [1.82, 2.24) is 5.32 Å². The molecule has 0 heterocycles. The van der Waals surface area contributed by atoms with Gasteiger partial charge in [0.2, 0.25) is 5.91 Å². The van der Waals surface area contributed by atoms with Gasteiger partial charge in [-0.25, -0.2) is 0 Å². The molecule has 92 valence electrons. The van der Waals surface area contributed by atoms with Crippen LogP contribution in [-0.2, 0) is 4.79 Å². The van der Waals surface area contributed by atoms with Crippen molar-refractivity contribution in [3.8, 4) is 0 Å². The molecule has 0 aliphatic heterocycles. The van der Waals surface area contributed by atoms with E-state index >= 15 is 0 Å². The number of amides is 1. The van der Waals surface area contributed by atoms with E-state index in [1.807, 2.05) is 0 Å². The molecule has 0 spiro atoms. The molecule has 1 aliphatic rings. The van der Waals surface area contributed by atoms with Crippen molar-refractivity contribution < 1.29 is 9.90 Å².